The highest BCUT2D eigenvalue weighted by Gasteiger charge is 2.20. The van der Waals surface area contributed by atoms with Crippen LogP contribution in [0.25, 0.3) is 11.0 Å². The van der Waals surface area contributed by atoms with Gasteiger partial charge in [0.05, 0.1) is 6.20 Å². The summed E-state index contributed by atoms with van der Waals surface area (Å²) < 4.78 is 5.94. The predicted molar refractivity (Wildman–Crippen MR) is 77.0 cm³/mol. The number of piperidine rings is 1. The van der Waals surface area contributed by atoms with E-state index in [-0.39, 0.29) is 0 Å². The van der Waals surface area contributed by atoms with Crippen molar-refractivity contribution in [1.29, 1.82) is 0 Å². The predicted octanol–water partition coefficient (Wildman–Crippen LogP) is 1.26. The number of hydrogen-bond donors (Lipinski definition) is 2. The van der Waals surface area contributed by atoms with Crippen molar-refractivity contribution >= 4 is 17.0 Å². The normalized spacial score (nSPS) is 20.2. The lowest BCUT2D eigenvalue weighted by atomic mass is 10.0. The van der Waals surface area contributed by atoms with Crippen LogP contribution in [0.4, 0.5) is 5.95 Å². The van der Waals surface area contributed by atoms with Crippen molar-refractivity contribution in [3.05, 3.63) is 6.20 Å². The summed E-state index contributed by atoms with van der Waals surface area (Å²) in [5.41, 5.74) is 0.691. The number of hydrogen-bond acceptors (Lipinski definition) is 6. The Hall–Kier alpha value is -1.89. The number of nitrogens with zero attached hydrogens (tertiary/aromatic N) is 4. The van der Waals surface area contributed by atoms with Gasteiger partial charge in [-0.15, -0.1) is 0 Å². The maximum Gasteiger partial charge on any atom is 0.229 e. The van der Waals surface area contributed by atoms with Crippen molar-refractivity contribution in [2.24, 2.45) is 0 Å². The van der Waals surface area contributed by atoms with Gasteiger partial charge in [-0.3, -0.25) is 5.10 Å². The minimum atomic E-state index is 0.457. The largest absolute Gasteiger partial charge is 0.475 e. The third kappa shape index (κ3) is 2.53. The maximum absolute atomic E-state index is 5.94. The molecule has 3 rings (SSSR count). The second-order valence-corrected chi connectivity index (χ2v) is 5.18. The molecule has 2 aromatic rings. The minimum absolute atomic E-state index is 0.457. The molecule has 1 saturated heterocycles. The maximum atomic E-state index is 5.94. The molecule has 0 aromatic carbocycles. The molecule has 2 aromatic heterocycles. The summed E-state index contributed by atoms with van der Waals surface area (Å²) in [4.78, 5) is 11.0. The molecule has 0 aliphatic carbocycles. The molecule has 0 spiro atoms. The molecule has 20 heavy (non-hydrogen) atoms. The van der Waals surface area contributed by atoms with Crippen molar-refractivity contribution in [1.82, 2.24) is 25.1 Å². The number of likely N-dealkylation sites (N-methyl/N-ethyl adjacent to an activating group) is 1. The number of nitrogens with one attached hydrogen (secondary N) is 2. The Morgan fingerprint density at radius 2 is 2.35 bits per heavy atom. The van der Waals surface area contributed by atoms with Crippen LogP contribution in [0.2, 0.25) is 0 Å². The summed E-state index contributed by atoms with van der Waals surface area (Å²) in [7, 11) is 3.94. The first-order chi connectivity index (χ1) is 9.78. The van der Waals surface area contributed by atoms with Crippen LogP contribution in [-0.4, -0.2) is 58.4 Å². The minimum Gasteiger partial charge on any atom is -0.475 e. The third-order valence-electron chi connectivity index (χ3n) is 3.83. The lowest BCUT2D eigenvalue weighted by Gasteiger charge is -2.31. The van der Waals surface area contributed by atoms with Crippen LogP contribution in [0.1, 0.15) is 19.3 Å². The SMILES string of the molecule is CNc1nc(OCC2CCCCN2C)c2cn[nH]c2n1. The fraction of sp³-hybridized carbons (Fsp3) is 0.615. The van der Waals surface area contributed by atoms with Crippen molar-refractivity contribution in [3.8, 4) is 5.88 Å². The second kappa shape index (κ2) is 5.62. The van der Waals surface area contributed by atoms with Gasteiger partial charge in [0.2, 0.25) is 11.8 Å². The molecule has 0 bridgehead atoms. The molecule has 3 heterocycles. The Labute approximate surface area is 117 Å². The molecule has 0 saturated carbocycles. The second-order valence-electron chi connectivity index (χ2n) is 5.18. The van der Waals surface area contributed by atoms with Crippen LogP contribution in [0.15, 0.2) is 6.20 Å². The lowest BCUT2D eigenvalue weighted by molar-refractivity contribution is 0.123. The van der Waals surface area contributed by atoms with Crippen LogP contribution >= 0.6 is 0 Å². The van der Waals surface area contributed by atoms with Gasteiger partial charge < -0.3 is 15.0 Å². The first-order valence-electron chi connectivity index (χ1n) is 7.00. The highest BCUT2D eigenvalue weighted by atomic mass is 16.5. The summed E-state index contributed by atoms with van der Waals surface area (Å²) in [6, 6.07) is 0.457. The Morgan fingerprint density at radius 3 is 3.15 bits per heavy atom. The number of aromatic nitrogens is 4. The van der Waals surface area contributed by atoms with Gasteiger partial charge in [-0.25, -0.2) is 0 Å². The van der Waals surface area contributed by atoms with Gasteiger partial charge in [-0.1, -0.05) is 6.42 Å². The monoisotopic (exact) mass is 276 g/mol. The number of likely N-dealkylation sites (tertiary alicyclic amines) is 1. The Morgan fingerprint density at radius 1 is 1.45 bits per heavy atom. The van der Waals surface area contributed by atoms with Gasteiger partial charge in [0.25, 0.3) is 0 Å². The Bertz CT molecular complexity index is 583. The number of ether oxygens (including phenoxy) is 1. The van der Waals surface area contributed by atoms with Gasteiger partial charge >= 0.3 is 0 Å². The van der Waals surface area contributed by atoms with E-state index in [1.165, 1.54) is 19.3 Å². The van der Waals surface area contributed by atoms with Gasteiger partial charge in [-0.05, 0) is 26.4 Å². The molecule has 2 N–H and O–H groups in total. The fourth-order valence-corrected chi connectivity index (χ4v) is 2.56. The van der Waals surface area contributed by atoms with E-state index in [9.17, 15) is 0 Å². The van der Waals surface area contributed by atoms with Crippen molar-refractivity contribution in [2.75, 3.05) is 32.6 Å². The smallest absolute Gasteiger partial charge is 0.229 e. The van der Waals surface area contributed by atoms with E-state index in [1.807, 2.05) is 0 Å². The number of fused-ring (bicyclic) bond motifs is 1. The van der Waals surface area contributed by atoms with Gasteiger partial charge in [0, 0.05) is 13.1 Å². The van der Waals surface area contributed by atoms with E-state index in [2.05, 4.69) is 37.4 Å². The van der Waals surface area contributed by atoms with Gasteiger partial charge in [0.1, 0.15) is 12.0 Å². The number of aromatic amines is 1. The van der Waals surface area contributed by atoms with Crippen molar-refractivity contribution < 1.29 is 4.74 Å². The zero-order valence-electron chi connectivity index (χ0n) is 11.9. The molecular weight excluding hydrogens is 256 g/mol. The average Bonchev–Trinajstić information content (AvgIpc) is 2.94. The molecule has 0 radical (unpaired) electrons. The van der Waals surface area contributed by atoms with Gasteiger partial charge in [0.15, 0.2) is 5.65 Å². The van der Waals surface area contributed by atoms with Crippen molar-refractivity contribution in [3.63, 3.8) is 0 Å². The third-order valence-corrected chi connectivity index (χ3v) is 3.83. The van der Waals surface area contributed by atoms with Crippen molar-refractivity contribution in [2.45, 2.75) is 25.3 Å². The molecular formula is C13H20N6O. The summed E-state index contributed by atoms with van der Waals surface area (Å²) in [6.45, 7) is 1.79. The van der Waals surface area contributed by atoms with Crippen LogP contribution < -0.4 is 10.1 Å². The zero-order chi connectivity index (χ0) is 13.9. The summed E-state index contributed by atoms with van der Waals surface area (Å²) in [5.74, 6) is 1.13. The summed E-state index contributed by atoms with van der Waals surface area (Å²) in [5, 5.41) is 10.6. The molecule has 7 nitrogen and oxygen atoms in total. The Kier molecular flexibility index (Phi) is 3.68. The van der Waals surface area contributed by atoms with E-state index in [4.69, 9.17) is 4.74 Å². The van der Waals surface area contributed by atoms with Crippen LogP contribution in [0.5, 0.6) is 5.88 Å². The van der Waals surface area contributed by atoms with Crippen LogP contribution in [0.3, 0.4) is 0 Å². The highest BCUT2D eigenvalue weighted by molar-refractivity contribution is 5.80. The molecule has 1 aliphatic heterocycles. The molecule has 108 valence electrons. The number of rotatable bonds is 4. The van der Waals surface area contributed by atoms with Gasteiger partial charge in [-0.2, -0.15) is 15.1 Å². The molecule has 7 heteroatoms. The molecule has 1 fully saturated rings. The van der Waals surface area contributed by atoms with E-state index < -0.39 is 0 Å². The molecule has 1 unspecified atom stereocenters. The van der Waals surface area contributed by atoms with E-state index in [0.717, 1.165) is 11.9 Å². The average molecular weight is 276 g/mol. The molecule has 1 atom stereocenters. The molecule has 1 aliphatic rings. The molecule has 0 amide bonds. The summed E-state index contributed by atoms with van der Waals surface area (Å²) in [6.07, 6.45) is 5.42. The van der Waals surface area contributed by atoms with E-state index in [0.29, 0.717) is 30.1 Å². The number of H-pyrrole nitrogens is 1. The van der Waals surface area contributed by atoms with Crippen LogP contribution in [0, 0.1) is 0 Å². The zero-order valence-corrected chi connectivity index (χ0v) is 11.9. The topological polar surface area (TPSA) is 79.0 Å². The lowest BCUT2D eigenvalue weighted by Crippen LogP contribution is -2.40. The van der Waals surface area contributed by atoms with E-state index in [1.54, 1.807) is 13.2 Å². The quantitative estimate of drug-likeness (QED) is 0.875. The standard InChI is InChI=1S/C13H20N6O/c1-14-13-16-11-10(7-15-18-11)12(17-13)20-8-9-5-3-4-6-19(9)2/h7,9H,3-6,8H2,1-2H3,(H2,14,15,16,17,18). The Balaban J connectivity index is 1.77. The first-order valence-corrected chi connectivity index (χ1v) is 7.00. The highest BCUT2D eigenvalue weighted by Crippen LogP contribution is 2.23. The summed E-state index contributed by atoms with van der Waals surface area (Å²) >= 11 is 0. The number of anilines is 1. The fourth-order valence-electron chi connectivity index (χ4n) is 2.56. The first kappa shape index (κ1) is 13.1. The van der Waals surface area contributed by atoms with E-state index >= 15 is 0 Å². The van der Waals surface area contributed by atoms with Crippen LogP contribution in [-0.2, 0) is 0 Å².